The zero-order valence-corrected chi connectivity index (χ0v) is 7.46. The van der Waals surface area contributed by atoms with Gasteiger partial charge >= 0.3 is 6.03 Å². The third kappa shape index (κ3) is 1.42. The molecule has 1 fully saturated rings. The van der Waals surface area contributed by atoms with Crippen molar-refractivity contribution in [3.05, 3.63) is 0 Å². The van der Waals surface area contributed by atoms with E-state index in [4.69, 9.17) is 0 Å². The van der Waals surface area contributed by atoms with E-state index in [1.165, 1.54) is 4.90 Å². The van der Waals surface area contributed by atoms with Crippen molar-refractivity contribution in [2.75, 3.05) is 6.54 Å². The Balaban J connectivity index is 2.64. The highest BCUT2D eigenvalue weighted by atomic mass is 16.2. The highest BCUT2D eigenvalue weighted by molar-refractivity contribution is 6.04. The van der Waals surface area contributed by atoms with Gasteiger partial charge in [0.1, 0.15) is 6.04 Å². The molecule has 3 amide bonds. The number of nitrogens with one attached hydrogen (secondary N) is 1. The number of carbonyl (C=O) groups excluding carboxylic acids is 2. The Morgan fingerprint density at radius 2 is 2.08 bits per heavy atom. The maximum absolute atomic E-state index is 11.4. The number of hydrogen-bond donors (Lipinski definition) is 1. The zero-order chi connectivity index (χ0) is 9.14. The van der Waals surface area contributed by atoms with Gasteiger partial charge in [0.15, 0.2) is 0 Å². The maximum atomic E-state index is 11.4. The molecular weight excluding hydrogens is 156 g/mol. The van der Waals surface area contributed by atoms with Crippen molar-refractivity contribution >= 4 is 11.9 Å². The molecule has 0 aliphatic carbocycles. The maximum Gasteiger partial charge on any atom is 0.324 e. The second-order valence-electron chi connectivity index (χ2n) is 2.90. The molecule has 1 atom stereocenters. The minimum Gasteiger partial charge on any atom is -0.326 e. The van der Waals surface area contributed by atoms with Crippen molar-refractivity contribution in [2.45, 2.75) is 32.7 Å². The summed E-state index contributed by atoms with van der Waals surface area (Å²) in [5, 5.41) is 2.63. The molecule has 0 aromatic carbocycles. The summed E-state index contributed by atoms with van der Waals surface area (Å²) in [5.41, 5.74) is 0. The Labute approximate surface area is 71.9 Å². The van der Waals surface area contributed by atoms with Crippen LogP contribution in [0.5, 0.6) is 0 Å². The van der Waals surface area contributed by atoms with Gasteiger partial charge in [0.2, 0.25) is 0 Å². The van der Waals surface area contributed by atoms with E-state index in [2.05, 4.69) is 5.32 Å². The number of nitrogens with zero attached hydrogens (tertiary/aromatic N) is 1. The lowest BCUT2D eigenvalue weighted by atomic mass is 10.2. The van der Waals surface area contributed by atoms with Crippen LogP contribution in [-0.2, 0) is 4.79 Å². The van der Waals surface area contributed by atoms with Crippen molar-refractivity contribution < 1.29 is 9.59 Å². The summed E-state index contributed by atoms with van der Waals surface area (Å²) < 4.78 is 0. The fourth-order valence-corrected chi connectivity index (χ4v) is 1.29. The molecule has 1 aliphatic heterocycles. The molecule has 0 aromatic rings. The molecule has 0 spiro atoms. The van der Waals surface area contributed by atoms with E-state index in [-0.39, 0.29) is 18.0 Å². The second-order valence-corrected chi connectivity index (χ2v) is 2.90. The lowest BCUT2D eigenvalue weighted by Gasteiger charge is -2.10. The lowest BCUT2D eigenvalue weighted by Crippen LogP contribution is -2.31. The monoisotopic (exact) mass is 170 g/mol. The number of carbonyl (C=O) groups is 2. The molecule has 4 heteroatoms. The van der Waals surface area contributed by atoms with Crippen LogP contribution in [0.4, 0.5) is 4.79 Å². The summed E-state index contributed by atoms with van der Waals surface area (Å²) >= 11 is 0. The van der Waals surface area contributed by atoms with Crippen LogP contribution in [0.1, 0.15) is 26.7 Å². The van der Waals surface area contributed by atoms with Gasteiger partial charge in [0.25, 0.3) is 5.91 Å². The highest BCUT2D eigenvalue weighted by Crippen LogP contribution is 2.08. The van der Waals surface area contributed by atoms with E-state index in [0.717, 1.165) is 6.42 Å². The van der Waals surface area contributed by atoms with Gasteiger partial charge in [-0.15, -0.1) is 0 Å². The first-order valence-electron chi connectivity index (χ1n) is 4.32. The summed E-state index contributed by atoms with van der Waals surface area (Å²) in [5.74, 6) is -0.0793. The van der Waals surface area contributed by atoms with Gasteiger partial charge < -0.3 is 5.32 Å². The fourth-order valence-electron chi connectivity index (χ4n) is 1.29. The van der Waals surface area contributed by atoms with E-state index in [1.807, 2.05) is 13.8 Å². The number of imide groups is 1. The SMILES string of the molecule is CCCN1C(=O)N[C@@H](CC)C1=O. The normalized spacial score (nSPS) is 23.2. The molecule has 4 nitrogen and oxygen atoms in total. The molecule has 1 N–H and O–H groups in total. The fraction of sp³-hybridized carbons (Fsp3) is 0.750. The third-order valence-corrected chi connectivity index (χ3v) is 1.96. The third-order valence-electron chi connectivity index (χ3n) is 1.96. The van der Waals surface area contributed by atoms with Crippen LogP contribution in [0.25, 0.3) is 0 Å². The van der Waals surface area contributed by atoms with Crippen LogP contribution in [0.2, 0.25) is 0 Å². The molecule has 0 saturated carbocycles. The lowest BCUT2D eigenvalue weighted by molar-refractivity contribution is -0.127. The molecule has 0 aromatic heterocycles. The van der Waals surface area contributed by atoms with Crippen LogP contribution >= 0.6 is 0 Å². The van der Waals surface area contributed by atoms with E-state index >= 15 is 0 Å². The number of rotatable bonds is 3. The molecule has 68 valence electrons. The molecule has 1 aliphatic rings. The van der Waals surface area contributed by atoms with Crippen LogP contribution < -0.4 is 5.32 Å². The first-order chi connectivity index (χ1) is 5.70. The smallest absolute Gasteiger partial charge is 0.324 e. The molecule has 0 radical (unpaired) electrons. The molecule has 0 bridgehead atoms. The van der Waals surface area contributed by atoms with Gasteiger partial charge in [-0.05, 0) is 12.8 Å². The van der Waals surface area contributed by atoms with E-state index in [1.54, 1.807) is 0 Å². The predicted octanol–water partition coefficient (Wildman–Crippen LogP) is 0.727. The average molecular weight is 170 g/mol. The molecule has 1 heterocycles. The minimum absolute atomic E-state index is 0.0793. The van der Waals surface area contributed by atoms with E-state index < -0.39 is 0 Å². The van der Waals surface area contributed by atoms with Gasteiger partial charge in [0, 0.05) is 6.54 Å². The van der Waals surface area contributed by atoms with Gasteiger partial charge in [-0.25, -0.2) is 4.79 Å². The van der Waals surface area contributed by atoms with Crippen LogP contribution in [0.15, 0.2) is 0 Å². The topological polar surface area (TPSA) is 49.4 Å². The van der Waals surface area contributed by atoms with Crippen molar-refractivity contribution in [2.24, 2.45) is 0 Å². The number of urea groups is 1. The first kappa shape index (κ1) is 9.03. The van der Waals surface area contributed by atoms with Crippen LogP contribution in [0.3, 0.4) is 0 Å². The number of amides is 3. The highest BCUT2D eigenvalue weighted by Gasteiger charge is 2.35. The molecule has 1 saturated heterocycles. The Morgan fingerprint density at radius 1 is 1.42 bits per heavy atom. The summed E-state index contributed by atoms with van der Waals surface area (Å²) in [4.78, 5) is 23.8. The number of hydrogen-bond acceptors (Lipinski definition) is 2. The van der Waals surface area contributed by atoms with Gasteiger partial charge in [-0.3, -0.25) is 9.69 Å². The molecular formula is C8H14N2O2. The van der Waals surface area contributed by atoms with Gasteiger partial charge in [0.05, 0.1) is 0 Å². The van der Waals surface area contributed by atoms with Crippen LogP contribution in [0, 0.1) is 0 Å². The Morgan fingerprint density at radius 3 is 2.50 bits per heavy atom. The second kappa shape index (κ2) is 3.56. The van der Waals surface area contributed by atoms with Crippen molar-refractivity contribution in [3.63, 3.8) is 0 Å². The molecule has 1 rings (SSSR count). The van der Waals surface area contributed by atoms with Crippen molar-refractivity contribution in [3.8, 4) is 0 Å². The van der Waals surface area contributed by atoms with Crippen molar-refractivity contribution in [1.29, 1.82) is 0 Å². The average Bonchev–Trinajstić information content (AvgIpc) is 2.32. The summed E-state index contributed by atoms with van der Waals surface area (Å²) in [6.07, 6.45) is 1.49. The van der Waals surface area contributed by atoms with Gasteiger partial charge in [-0.1, -0.05) is 13.8 Å². The Kier molecular flexibility index (Phi) is 2.68. The van der Waals surface area contributed by atoms with Crippen molar-refractivity contribution in [1.82, 2.24) is 10.2 Å². The summed E-state index contributed by atoms with van der Waals surface area (Å²) in [6, 6.07) is -0.530. The molecule has 0 unspecified atom stereocenters. The summed E-state index contributed by atoms with van der Waals surface area (Å²) in [7, 11) is 0. The largest absolute Gasteiger partial charge is 0.326 e. The standard InChI is InChI=1S/C8H14N2O2/c1-3-5-10-7(11)6(4-2)9-8(10)12/h6H,3-5H2,1-2H3,(H,9,12)/t6-/m0/s1. The predicted molar refractivity (Wildman–Crippen MR) is 44.6 cm³/mol. The Hall–Kier alpha value is -1.06. The van der Waals surface area contributed by atoms with Gasteiger partial charge in [-0.2, -0.15) is 0 Å². The van der Waals surface area contributed by atoms with E-state index in [0.29, 0.717) is 13.0 Å². The quantitative estimate of drug-likeness (QED) is 0.635. The first-order valence-corrected chi connectivity index (χ1v) is 4.32. The summed E-state index contributed by atoms with van der Waals surface area (Å²) in [6.45, 7) is 4.36. The van der Waals surface area contributed by atoms with E-state index in [9.17, 15) is 9.59 Å². The zero-order valence-electron chi connectivity index (χ0n) is 7.46. The molecule has 12 heavy (non-hydrogen) atoms. The van der Waals surface area contributed by atoms with Crippen LogP contribution in [-0.4, -0.2) is 29.4 Å². The Bertz CT molecular complexity index is 203. The minimum atomic E-state index is -0.288.